The van der Waals surface area contributed by atoms with E-state index in [0.717, 1.165) is 15.9 Å². The van der Waals surface area contributed by atoms with Crippen molar-refractivity contribution in [2.24, 2.45) is 0 Å². The van der Waals surface area contributed by atoms with E-state index < -0.39 is 0 Å². The van der Waals surface area contributed by atoms with Gasteiger partial charge in [-0.3, -0.25) is 0 Å². The fourth-order valence-electron chi connectivity index (χ4n) is 1.51. The van der Waals surface area contributed by atoms with Gasteiger partial charge in [-0.25, -0.2) is 9.67 Å². The summed E-state index contributed by atoms with van der Waals surface area (Å²) in [5.74, 6) is 0.857. The Kier molecular flexibility index (Phi) is 3.36. The second-order valence-corrected chi connectivity index (χ2v) is 4.45. The lowest BCUT2D eigenvalue weighted by Gasteiger charge is -2.14. The van der Waals surface area contributed by atoms with Gasteiger partial charge in [-0.2, -0.15) is 5.10 Å². The number of hydrogen-bond acceptors (Lipinski definition) is 3. The summed E-state index contributed by atoms with van der Waals surface area (Å²) in [4.78, 5) is 4.37. The van der Waals surface area contributed by atoms with Crippen molar-refractivity contribution in [2.75, 3.05) is 7.05 Å². The van der Waals surface area contributed by atoms with Crippen LogP contribution in [-0.2, 0) is 0 Å². The van der Waals surface area contributed by atoms with Gasteiger partial charge < -0.3 is 5.32 Å². The van der Waals surface area contributed by atoms with Gasteiger partial charge in [-0.15, -0.1) is 0 Å². The van der Waals surface area contributed by atoms with Crippen molar-refractivity contribution in [3.05, 3.63) is 40.8 Å². The molecule has 2 aromatic rings. The summed E-state index contributed by atoms with van der Waals surface area (Å²) < 4.78 is 2.72. The second-order valence-electron chi connectivity index (χ2n) is 3.53. The van der Waals surface area contributed by atoms with E-state index >= 15 is 0 Å². The molecule has 0 aliphatic heterocycles. The van der Waals surface area contributed by atoms with Crippen molar-refractivity contribution in [3.63, 3.8) is 0 Å². The van der Waals surface area contributed by atoms with Crippen molar-refractivity contribution in [1.82, 2.24) is 20.1 Å². The molecule has 1 atom stereocenters. The van der Waals surface area contributed by atoms with Crippen LogP contribution >= 0.6 is 15.9 Å². The SMILES string of the molecule is CNC(C)c1cccnc1-n1cc(Br)cn1. The highest BCUT2D eigenvalue weighted by molar-refractivity contribution is 9.10. The molecule has 5 heteroatoms. The Balaban J connectivity index is 2.48. The van der Waals surface area contributed by atoms with Crippen LogP contribution in [0.1, 0.15) is 18.5 Å². The van der Waals surface area contributed by atoms with E-state index in [1.165, 1.54) is 0 Å². The molecule has 84 valence electrons. The Morgan fingerprint density at radius 2 is 2.31 bits per heavy atom. The molecule has 0 saturated heterocycles. The zero-order valence-electron chi connectivity index (χ0n) is 9.18. The van der Waals surface area contributed by atoms with E-state index in [4.69, 9.17) is 0 Å². The van der Waals surface area contributed by atoms with Crippen molar-refractivity contribution in [1.29, 1.82) is 0 Å². The zero-order chi connectivity index (χ0) is 11.5. The fourth-order valence-corrected chi connectivity index (χ4v) is 1.80. The van der Waals surface area contributed by atoms with Crippen LogP contribution in [0.25, 0.3) is 5.82 Å². The Bertz CT molecular complexity index is 480. The normalized spacial score (nSPS) is 12.7. The number of rotatable bonds is 3. The predicted molar refractivity (Wildman–Crippen MR) is 66.5 cm³/mol. The van der Waals surface area contributed by atoms with E-state index in [2.05, 4.69) is 44.3 Å². The van der Waals surface area contributed by atoms with Gasteiger partial charge >= 0.3 is 0 Å². The Morgan fingerprint density at radius 3 is 2.94 bits per heavy atom. The Labute approximate surface area is 103 Å². The third-order valence-electron chi connectivity index (χ3n) is 2.48. The molecule has 0 spiro atoms. The third-order valence-corrected chi connectivity index (χ3v) is 2.89. The van der Waals surface area contributed by atoms with E-state index in [9.17, 15) is 0 Å². The molecule has 0 aromatic carbocycles. The Morgan fingerprint density at radius 1 is 1.50 bits per heavy atom. The smallest absolute Gasteiger partial charge is 0.158 e. The van der Waals surface area contributed by atoms with Gasteiger partial charge in [-0.05, 0) is 36.0 Å². The molecule has 0 bridgehead atoms. The Hall–Kier alpha value is -1.20. The molecule has 0 amide bonds. The first kappa shape index (κ1) is 11.3. The minimum atomic E-state index is 0.242. The van der Waals surface area contributed by atoms with Crippen LogP contribution in [-0.4, -0.2) is 21.8 Å². The van der Waals surface area contributed by atoms with Crippen LogP contribution in [0.4, 0.5) is 0 Å². The van der Waals surface area contributed by atoms with Gasteiger partial charge in [-0.1, -0.05) is 6.07 Å². The summed E-state index contributed by atoms with van der Waals surface area (Å²) in [6, 6.07) is 4.23. The molecule has 2 rings (SSSR count). The van der Waals surface area contributed by atoms with Gasteiger partial charge in [0, 0.05) is 24.0 Å². The first-order valence-electron chi connectivity index (χ1n) is 5.05. The molecular weight excluding hydrogens is 268 g/mol. The molecule has 16 heavy (non-hydrogen) atoms. The monoisotopic (exact) mass is 280 g/mol. The van der Waals surface area contributed by atoms with E-state index in [0.29, 0.717) is 0 Å². The van der Waals surface area contributed by atoms with Crippen LogP contribution in [0.3, 0.4) is 0 Å². The van der Waals surface area contributed by atoms with Crippen LogP contribution in [0.2, 0.25) is 0 Å². The number of hydrogen-bond donors (Lipinski definition) is 1. The summed E-state index contributed by atoms with van der Waals surface area (Å²) >= 11 is 3.38. The average Bonchev–Trinajstić information content (AvgIpc) is 2.75. The molecule has 0 fully saturated rings. The molecule has 2 heterocycles. The molecule has 1 unspecified atom stereocenters. The van der Waals surface area contributed by atoms with Gasteiger partial charge in [0.1, 0.15) is 0 Å². The van der Waals surface area contributed by atoms with E-state index in [1.807, 2.05) is 19.3 Å². The average molecular weight is 281 g/mol. The van der Waals surface area contributed by atoms with Gasteiger partial charge in [0.15, 0.2) is 5.82 Å². The van der Waals surface area contributed by atoms with Crippen molar-refractivity contribution in [3.8, 4) is 5.82 Å². The molecule has 0 saturated carbocycles. The number of halogens is 1. The minimum Gasteiger partial charge on any atom is -0.313 e. The molecule has 0 radical (unpaired) electrons. The summed E-state index contributed by atoms with van der Waals surface area (Å²) in [6.45, 7) is 2.10. The van der Waals surface area contributed by atoms with Gasteiger partial charge in [0.25, 0.3) is 0 Å². The topological polar surface area (TPSA) is 42.7 Å². The lowest BCUT2D eigenvalue weighted by Crippen LogP contribution is -2.16. The van der Waals surface area contributed by atoms with Crippen LogP contribution in [0.5, 0.6) is 0 Å². The summed E-state index contributed by atoms with van der Waals surface area (Å²) in [6.07, 6.45) is 5.42. The highest BCUT2D eigenvalue weighted by atomic mass is 79.9. The maximum Gasteiger partial charge on any atom is 0.158 e. The van der Waals surface area contributed by atoms with Crippen LogP contribution < -0.4 is 5.32 Å². The number of nitrogens with zero attached hydrogens (tertiary/aromatic N) is 3. The standard InChI is InChI=1S/C11H13BrN4/c1-8(13-2)10-4-3-5-14-11(10)16-7-9(12)6-15-16/h3-8,13H,1-2H3. The maximum absolute atomic E-state index is 4.37. The zero-order valence-corrected chi connectivity index (χ0v) is 10.8. The summed E-state index contributed by atoms with van der Waals surface area (Å²) in [5.41, 5.74) is 1.13. The van der Waals surface area contributed by atoms with E-state index in [-0.39, 0.29) is 6.04 Å². The maximum atomic E-state index is 4.37. The third kappa shape index (κ3) is 2.15. The fraction of sp³-hybridized carbons (Fsp3) is 0.273. The van der Waals surface area contributed by atoms with Crippen LogP contribution in [0.15, 0.2) is 35.2 Å². The first-order chi connectivity index (χ1) is 7.72. The molecule has 1 N–H and O–H groups in total. The molecule has 2 aromatic heterocycles. The summed E-state index contributed by atoms with van der Waals surface area (Å²) in [5, 5.41) is 7.45. The van der Waals surface area contributed by atoms with Crippen molar-refractivity contribution < 1.29 is 0 Å². The molecule has 4 nitrogen and oxygen atoms in total. The first-order valence-corrected chi connectivity index (χ1v) is 5.84. The number of nitrogens with one attached hydrogen (secondary N) is 1. The van der Waals surface area contributed by atoms with E-state index in [1.54, 1.807) is 17.1 Å². The quantitative estimate of drug-likeness (QED) is 0.938. The van der Waals surface area contributed by atoms with Gasteiger partial charge in [0.2, 0.25) is 0 Å². The van der Waals surface area contributed by atoms with Crippen LogP contribution in [0, 0.1) is 0 Å². The molecule has 0 aliphatic rings. The lowest BCUT2D eigenvalue weighted by molar-refractivity contribution is 0.638. The number of aromatic nitrogens is 3. The van der Waals surface area contributed by atoms with Gasteiger partial charge in [0.05, 0.1) is 10.7 Å². The predicted octanol–water partition coefficient (Wildman–Crippen LogP) is 2.31. The number of pyridine rings is 1. The van der Waals surface area contributed by atoms with Crippen molar-refractivity contribution >= 4 is 15.9 Å². The highest BCUT2D eigenvalue weighted by Crippen LogP contribution is 2.19. The van der Waals surface area contributed by atoms with Crippen molar-refractivity contribution in [2.45, 2.75) is 13.0 Å². The second kappa shape index (κ2) is 4.76. The largest absolute Gasteiger partial charge is 0.313 e. The summed E-state index contributed by atoms with van der Waals surface area (Å²) in [7, 11) is 1.93. The highest BCUT2D eigenvalue weighted by Gasteiger charge is 2.11. The molecular formula is C11H13BrN4. The lowest BCUT2D eigenvalue weighted by atomic mass is 10.1. The molecule has 0 aliphatic carbocycles. The minimum absolute atomic E-state index is 0.242.